The van der Waals surface area contributed by atoms with Crippen molar-refractivity contribution in [2.45, 2.75) is 4.90 Å². The van der Waals surface area contributed by atoms with Gasteiger partial charge in [-0.15, -0.1) is 0 Å². The fourth-order valence-electron chi connectivity index (χ4n) is 2.58. The van der Waals surface area contributed by atoms with Crippen molar-refractivity contribution in [2.24, 2.45) is 5.11 Å². The van der Waals surface area contributed by atoms with Crippen LogP contribution in [0.25, 0.3) is 10.4 Å². The van der Waals surface area contributed by atoms with E-state index in [1.165, 1.54) is 0 Å². The molecule has 1 aromatic carbocycles. The summed E-state index contributed by atoms with van der Waals surface area (Å²) < 4.78 is 66.1. The Hall–Kier alpha value is -2.44. The van der Waals surface area contributed by atoms with Crippen LogP contribution in [0.3, 0.4) is 0 Å². The van der Waals surface area contributed by atoms with Gasteiger partial charge in [0.1, 0.15) is 0 Å². The summed E-state index contributed by atoms with van der Waals surface area (Å²) in [7, 11) is -4.02. The minimum Gasteiger partial charge on any atom is -0.379 e. The number of rotatable bonds is 27. The second kappa shape index (κ2) is 23.4. The molecule has 0 radical (unpaired) electrons. The normalized spacial score (nSPS) is 11.4. The molecule has 39 heavy (non-hydrogen) atoms. The number of hydrogen-bond acceptors (Lipinski definition) is 13. The Morgan fingerprint density at radius 1 is 0.667 bits per heavy atom. The highest BCUT2D eigenvalue weighted by Gasteiger charge is 2.16. The first-order chi connectivity index (χ1) is 19.0. The third-order valence-electron chi connectivity index (χ3n) is 4.43. The van der Waals surface area contributed by atoms with Crippen LogP contribution in [-0.2, 0) is 47.5 Å². The fourth-order valence-corrected chi connectivity index (χ4v) is 3.47. The lowest BCUT2D eigenvalue weighted by atomic mass is 10.3. The van der Waals surface area contributed by atoms with Crippen LogP contribution in [0.4, 0.5) is 5.69 Å². The summed E-state index contributed by atoms with van der Waals surface area (Å²) in [6, 6.07) is 4.41. The average molecular weight is 581 g/mol. The van der Waals surface area contributed by atoms with Crippen LogP contribution in [0.1, 0.15) is 0 Å². The van der Waals surface area contributed by atoms with Crippen LogP contribution in [0.2, 0.25) is 0 Å². The third kappa shape index (κ3) is 19.3. The Balaban J connectivity index is 1.80. The number of ether oxygens (including phenoxy) is 7. The summed E-state index contributed by atoms with van der Waals surface area (Å²) in [6.45, 7) is 5.36. The summed E-state index contributed by atoms with van der Waals surface area (Å²) >= 11 is 0. The van der Waals surface area contributed by atoms with Crippen molar-refractivity contribution in [3.8, 4) is 0 Å². The van der Waals surface area contributed by atoms with Gasteiger partial charge in [0, 0.05) is 23.6 Å². The molecule has 16 nitrogen and oxygen atoms in total. The van der Waals surface area contributed by atoms with E-state index in [0.717, 1.165) is 24.3 Å². The smallest absolute Gasteiger partial charge is 0.297 e. The predicted molar refractivity (Wildman–Crippen MR) is 136 cm³/mol. The van der Waals surface area contributed by atoms with Crippen molar-refractivity contribution in [3.63, 3.8) is 0 Å². The number of nitro groups is 1. The fraction of sp³-hybridized carbons (Fsp3) is 0.727. The van der Waals surface area contributed by atoms with E-state index in [1.807, 2.05) is 0 Å². The first kappa shape index (κ1) is 34.6. The third-order valence-corrected chi connectivity index (χ3v) is 5.76. The zero-order valence-corrected chi connectivity index (χ0v) is 22.5. The molecule has 0 saturated carbocycles. The Bertz CT molecular complexity index is 914. The zero-order chi connectivity index (χ0) is 28.4. The maximum Gasteiger partial charge on any atom is 0.297 e. The second-order valence-corrected chi connectivity index (χ2v) is 8.88. The van der Waals surface area contributed by atoms with Crippen molar-refractivity contribution in [1.29, 1.82) is 0 Å². The molecule has 0 aliphatic rings. The summed E-state index contributed by atoms with van der Waals surface area (Å²) in [4.78, 5) is 12.5. The average Bonchev–Trinajstić information content (AvgIpc) is 2.93. The lowest BCUT2D eigenvalue weighted by Gasteiger charge is -2.08. The zero-order valence-electron chi connectivity index (χ0n) is 21.7. The Kier molecular flexibility index (Phi) is 20.8. The maximum atomic E-state index is 12.0. The van der Waals surface area contributed by atoms with Gasteiger partial charge in [0.15, 0.2) is 0 Å². The van der Waals surface area contributed by atoms with Crippen molar-refractivity contribution in [1.82, 2.24) is 0 Å². The van der Waals surface area contributed by atoms with E-state index in [-0.39, 0.29) is 30.4 Å². The number of azide groups is 1. The summed E-state index contributed by atoms with van der Waals surface area (Å²) in [5, 5.41) is 14.0. The molecule has 0 fully saturated rings. The molecule has 1 rings (SSSR count). The molecule has 0 N–H and O–H groups in total. The van der Waals surface area contributed by atoms with Gasteiger partial charge in [-0.2, -0.15) is 8.42 Å². The highest BCUT2D eigenvalue weighted by Crippen LogP contribution is 2.17. The molecular formula is C22H36N4O12S. The van der Waals surface area contributed by atoms with Gasteiger partial charge in [0.2, 0.25) is 0 Å². The van der Waals surface area contributed by atoms with E-state index in [9.17, 15) is 18.5 Å². The number of hydrogen-bond donors (Lipinski definition) is 0. The minimum absolute atomic E-state index is 0.0381. The largest absolute Gasteiger partial charge is 0.379 e. The van der Waals surface area contributed by atoms with E-state index >= 15 is 0 Å². The van der Waals surface area contributed by atoms with Crippen molar-refractivity contribution in [3.05, 3.63) is 44.8 Å². The summed E-state index contributed by atoms with van der Waals surface area (Å²) in [5.74, 6) is 0. The molecule has 0 bridgehead atoms. The number of nitrogens with zero attached hydrogens (tertiary/aromatic N) is 4. The van der Waals surface area contributed by atoms with E-state index in [4.69, 9.17) is 42.9 Å². The standard InChI is InChI=1S/C22H36N4O12S/c23-25-24-5-6-31-7-8-32-9-10-33-11-12-34-13-14-35-15-16-36-17-18-37-19-20-38-39(29,30)22-3-1-21(2-4-22)26(27)28/h1-4H,5-20H2. The van der Waals surface area contributed by atoms with Gasteiger partial charge in [-0.25, -0.2) is 0 Å². The summed E-state index contributed by atoms with van der Waals surface area (Å²) in [6.07, 6.45) is 0. The topological polar surface area (TPSA) is 200 Å². The first-order valence-electron chi connectivity index (χ1n) is 12.2. The van der Waals surface area contributed by atoms with Crippen LogP contribution in [0.5, 0.6) is 0 Å². The van der Waals surface area contributed by atoms with E-state index in [2.05, 4.69) is 10.0 Å². The molecule has 0 atom stereocenters. The molecule has 0 aliphatic heterocycles. The van der Waals surface area contributed by atoms with Gasteiger partial charge in [-0.3, -0.25) is 14.3 Å². The number of benzene rings is 1. The lowest BCUT2D eigenvalue weighted by molar-refractivity contribution is -0.384. The van der Waals surface area contributed by atoms with Gasteiger partial charge in [-0.05, 0) is 17.7 Å². The Morgan fingerprint density at radius 3 is 1.38 bits per heavy atom. The van der Waals surface area contributed by atoms with E-state index in [1.54, 1.807) is 0 Å². The predicted octanol–water partition coefficient (Wildman–Crippen LogP) is 1.73. The van der Waals surface area contributed by atoms with Gasteiger partial charge in [0.05, 0.1) is 109 Å². The SMILES string of the molecule is [N-]=[N+]=NCCOCCOCCOCCOCCOCCOCCOCCOS(=O)(=O)c1ccc([N+](=O)[O-])cc1. The van der Waals surface area contributed by atoms with Gasteiger partial charge in [0.25, 0.3) is 15.8 Å². The molecule has 0 heterocycles. The quantitative estimate of drug-likeness (QED) is 0.0278. The number of nitro benzene ring substituents is 1. The lowest BCUT2D eigenvalue weighted by Crippen LogP contribution is -2.15. The van der Waals surface area contributed by atoms with Gasteiger partial charge >= 0.3 is 0 Å². The van der Waals surface area contributed by atoms with Crippen LogP contribution in [0.15, 0.2) is 34.3 Å². The minimum atomic E-state index is -4.02. The molecular weight excluding hydrogens is 544 g/mol. The monoisotopic (exact) mass is 580 g/mol. The second-order valence-electron chi connectivity index (χ2n) is 7.27. The van der Waals surface area contributed by atoms with Crippen LogP contribution < -0.4 is 0 Å². The molecule has 0 aromatic heterocycles. The van der Waals surface area contributed by atoms with Crippen LogP contribution in [-0.4, -0.2) is 119 Å². The Labute approximate surface area is 227 Å². The van der Waals surface area contributed by atoms with Crippen molar-refractivity contribution in [2.75, 3.05) is 106 Å². The molecule has 0 unspecified atom stereocenters. The first-order valence-corrected chi connectivity index (χ1v) is 13.6. The molecule has 0 spiro atoms. The van der Waals surface area contributed by atoms with Gasteiger partial charge < -0.3 is 33.2 Å². The highest BCUT2D eigenvalue weighted by molar-refractivity contribution is 7.86. The van der Waals surface area contributed by atoms with Crippen molar-refractivity contribution >= 4 is 15.8 Å². The molecule has 1 aromatic rings. The number of non-ortho nitro benzene ring substituents is 1. The van der Waals surface area contributed by atoms with Crippen molar-refractivity contribution < 1.29 is 50.7 Å². The van der Waals surface area contributed by atoms with E-state index < -0.39 is 15.0 Å². The van der Waals surface area contributed by atoms with Crippen LogP contribution in [0, 0.1) is 10.1 Å². The molecule has 0 amide bonds. The van der Waals surface area contributed by atoms with Crippen LogP contribution >= 0.6 is 0 Å². The highest BCUT2D eigenvalue weighted by atomic mass is 32.2. The van der Waals surface area contributed by atoms with Gasteiger partial charge in [-0.1, -0.05) is 5.11 Å². The molecule has 17 heteroatoms. The Morgan fingerprint density at radius 2 is 1.03 bits per heavy atom. The van der Waals surface area contributed by atoms with E-state index in [0.29, 0.717) is 85.8 Å². The molecule has 0 aliphatic carbocycles. The molecule has 222 valence electrons. The maximum absolute atomic E-state index is 12.0. The summed E-state index contributed by atoms with van der Waals surface area (Å²) in [5.41, 5.74) is 7.90. The molecule has 0 saturated heterocycles.